The summed E-state index contributed by atoms with van der Waals surface area (Å²) in [6.45, 7) is 4.25. The van der Waals surface area contributed by atoms with Gasteiger partial charge in [0.25, 0.3) is 0 Å². The van der Waals surface area contributed by atoms with Gasteiger partial charge >= 0.3 is 0 Å². The number of carbonyl (C=O) groups excluding carboxylic acids is 1. The molecule has 0 aliphatic rings. The predicted molar refractivity (Wildman–Crippen MR) is 108 cm³/mol. The molecule has 1 aromatic heterocycles. The van der Waals surface area contributed by atoms with Gasteiger partial charge in [0.2, 0.25) is 5.91 Å². The molecule has 0 unspecified atom stereocenters. The van der Waals surface area contributed by atoms with E-state index in [0.29, 0.717) is 12.8 Å². The quantitative estimate of drug-likeness (QED) is 0.636. The average molecular weight is 362 g/mol. The Morgan fingerprint density at radius 3 is 2.46 bits per heavy atom. The van der Waals surface area contributed by atoms with Gasteiger partial charge in [-0.1, -0.05) is 23.9 Å². The first-order chi connectivity index (χ1) is 12.6. The topological polar surface area (TPSA) is 42.0 Å². The van der Waals surface area contributed by atoms with Crippen LogP contribution in [-0.4, -0.2) is 10.9 Å². The highest BCUT2D eigenvalue weighted by Crippen LogP contribution is 2.29. The number of aromatic nitrogens is 1. The largest absolute Gasteiger partial charge is 0.326 e. The lowest BCUT2D eigenvalue weighted by Crippen LogP contribution is -2.12. The first-order valence-corrected chi connectivity index (χ1v) is 9.46. The van der Waals surface area contributed by atoms with Crippen molar-refractivity contribution in [3.05, 3.63) is 83.7 Å². The van der Waals surface area contributed by atoms with Gasteiger partial charge in [-0.2, -0.15) is 0 Å². The fourth-order valence-corrected chi connectivity index (χ4v) is 3.46. The van der Waals surface area contributed by atoms with E-state index in [1.54, 1.807) is 24.2 Å². The van der Waals surface area contributed by atoms with E-state index in [9.17, 15) is 4.79 Å². The van der Waals surface area contributed by atoms with E-state index in [4.69, 9.17) is 0 Å². The molecule has 0 atom stereocenters. The predicted octanol–water partition coefficient (Wildman–Crippen LogP) is 5.42. The summed E-state index contributed by atoms with van der Waals surface area (Å²) >= 11 is 1.73. The van der Waals surface area contributed by atoms with Crippen LogP contribution in [0.2, 0.25) is 0 Å². The van der Waals surface area contributed by atoms with Crippen molar-refractivity contribution in [2.75, 3.05) is 5.32 Å². The van der Waals surface area contributed by atoms with Gasteiger partial charge in [-0.15, -0.1) is 0 Å². The Morgan fingerprint density at radius 2 is 1.77 bits per heavy atom. The third kappa shape index (κ3) is 5.20. The summed E-state index contributed by atoms with van der Waals surface area (Å²) in [5.41, 5.74) is 4.50. The molecule has 1 heterocycles. The average Bonchev–Trinajstić information content (AvgIpc) is 2.65. The van der Waals surface area contributed by atoms with Gasteiger partial charge in [-0.3, -0.25) is 9.78 Å². The van der Waals surface area contributed by atoms with Crippen molar-refractivity contribution < 1.29 is 4.79 Å². The maximum atomic E-state index is 12.1. The fourth-order valence-electron chi connectivity index (χ4n) is 2.55. The standard InChI is InChI=1S/C22H22N2OS/c1-16-5-9-21(14-17(16)2)26-20-10-7-19(8-11-20)24-22(25)12-6-18-4-3-13-23-15-18/h3-5,7-11,13-15H,6,12H2,1-2H3,(H,24,25). The number of pyridine rings is 1. The van der Waals surface area contributed by atoms with Crippen molar-refractivity contribution in [3.63, 3.8) is 0 Å². The van der Waals surface area contributed by atoms with Crippen LogP contribution < -0.4 is 5.32 Å². The number of hydrogen-bond donors (Lipinski definition) is 1. The van der Waals surface area contributed by atoms with Crippen LogP contribution in [0, 0.1) is 13.8 Å². The smallest absolute Gasteiger partial charge is 0.224 e. The normalized spacial score (nSPS) is 10.5. The highest BCUT2D eigenvalue weighted by molar-refractivity contribution is 7.99. The van der Waals surface area contributed by atoms with Crippen LogP contribution in [0.25, 0.3) is 0 Å². The lowest BCUT2D eigenvalue weighted by atomic mass is 10.1. The Morgan fingerprint density at radius 1 is 1.00 bits per heavy atom. The molecule has 1 amide bonds. The van der Waals surface area contributed by atoms with Gasteiger partial charge < -0.3 is 5.32 Å². The van der Waals surface area contributed by atoms with Crippen LogP contribution in [0.3, 0.4) is 0 Å². The van der Waals surface area contributed by atoms with E-state index in [0.717, 1.165) is 16.1 Å². The number of benzene rings is 2. The summed E-state index contributed by atoms with van der Waals surface area (Å²) < 4.78 is 0. The highest BCUT2D eigenvalue weighted by Gasteiger charge is 2.04. The Balaban J connectivity index is 1.53. The fraction of sp³-hybridized carbons (Fsp3) is 0.182. The zero-order valence-electron chi connectivity index (χ0n) is 15.0. The second-order valence-corrected chi connectivity index (χ2v) is 7.43. The van der Waals surface area contributed by atoms with E-state index in [-0.39, 0.29) is 5.91 Å². The van der Waals surface area contributed by atoms with Gasteiger partial charge in [0.1, 0.15) is 0 Å². The molecule has 0 spiro atoms. The van der Waals surface area contributed by atoms with Gasteiger partial charge in [-0.25, -0.2) is 0 Å². The maximum absolute atomic E-state index is 12.1. The van der Waals surface area contributed by atoms with Gasteiger partial charge in [0, 0.05) is 34.3 Å². The lowest BCUT2D eigenvalue weighted by molar-refractivity contribution is -0.116. The van der Waals surface area contributed by atoms with E-state index in [1.807, 2.05) is 36.4 Å². The third-order valence-corrected chi connectivity index (χ3v) is 5.21. The molecule has 0 bridgehead atoms. The summed E-state index contributed by atoms with van der Waals surface area (Å²) in [6, 6.07) is 18.3. The maximum Gasteiger partial charge on any atom is 0.224 e. The minimum absolute atomic E-state index is 0.0171. The zero-order valence-corrected chi connectivity index (χ0v) is 15.8. The van der Waals surface area contributed by atoms with Crippen molar-refractivity contribution in [3.8, 4) is 0 Å². The minimum atomic E-state index is 0.0171. The van der Waals surface area contributed by atoms with Crippen molar-refractivity contribution in [1.29, 1.82) is 0 Å². The molecule has 0 radical (unpaired) electrons. The van der Waals surface area contributed by atoms with Crippen LogP contribution >= 0.6 is 11.8 Å². The molecule has 2 aromatic carbocycles. The Labute approximate surface area is 158 Å². The van der Waals surface area contributed by atoms with Crippen molar-refractivity contribution in [1.82, 2.24) is 4.98 Å². The molecular formula is C22H22N2OS. The monoisotopic (exact) mass is 362 g/mol. The molecule has 0 aliphatic heterocycles. The number of nitrogens with zero attached hydrogens (tertiary/aromatic N) is 1. The van der Waals surface area contributed by atoms with Gasteiger partial charge in [-0.05, 0) is 79.4 Å². The lowest BCUT2D eigenvalue weighted by Gasteiger charge is -2.08. The van der Waals surface area contributed by atoms with E-state index in [2.05, 4.69) is 42.3 Å². The van der Waals surface area contributed by atoms with Gasteiger partial charge in [0.15, 0.2) is 0 Å². The van der Waals surface area contributed by atoms with Crippen LogP contribution in [0.4, 0.5) is 5.69 Å². The van der Waals surface area contributed by atoms with Crippen LogP contribution in [-0.2, 0) is 11.2 Å². The molecule has 3 nitrogen and oxygen atoms in total. The summed E-state index contributed by atoms with van der Waals surface area (Å²) in [6.07, 6.45) is 4.68. The van der Waals surface area contributed by atoms with Crippen molar-refractivity contribution in [2.45, 2.75) is 36.5 Å². The van der Waals surface area contributed by atoms with Crippen LogP contribution in [0.5, 0.6) is 0 Å². The number of hydrogen-bond acceptors (Lipinski definition) is 3. The summed E-state index contributed by atoms with van der Waals surface area (Å²) in [5.74, 6) is 0.0171. The van der Waals surface area contributed by atoms with E-state index < -0.39 is 0 Å². The van der Waals surface area contributed by atoms with E-state index >= 15 is 0 Å². The number of nitrogens with one attached hydrogen (secondary N) is 1. The molecule has 132 valence electrons. The van der Waals surface area contributed by atoms with Crippen molar-refractivity contribution in [2.24, 2.45) is 0 Å². The van der Waals surface area contributed by atoms with Gasteiger partial charge in [0.05, 0.1) is 0 Å². The van der Waals surface area contributed by atoms with Crippen LogP contribution in [0.15, 0.2) is 76.8 Å². The molecule has 26 heavy (non-hydrogen) atoms. The molecule has 0 aliphatic carbocycles. The molecule has 0 saturated heterocycles. The second-order valence-electron chi connectivity index (χ2n) is 6.28. The number of rotatable bonds is 6. The van der Waals surface area contributed by atoms with Crippen LogP contribution in [0.1, 0.15) is 23.1 Å². The number of aryl methyl sites for hydroxylation is 3. The number of amides is 1. The molecule has 4 heteroatoms. The zero-order chi connectivity index (χ0) is 18.4. The Bertz CT molecular complexity index is 876. The molecular weight excluding hydrogens is 340 g/mol. The molecule has 0 saturated carbocycles. The molecule has 3 rings (SSSR count). The Kier molecular flexibility index (Phi) is 6.08. The summed E-state index contributed by atoms with van der Waals surface area (Å²) in [4.78, 5) is 18.5. The SMILES string of the molecule is Cc1ccc(Sc2ccc(NC(=O)CCc3cccnc3)cc2)cc1C. The Hall–Kier alpha value is -2.59. The molecule has 0 fully saturated rings. The van der Waals surface area contributed by atoms with E-state index in [1.165, 1.54) is 16.0 Å². The summed E-state index contributed by atoms with van der Waals surface area (Å²) in [7, 11) is 0. The molecule has 1 N–H and O–H groups in total. The highest BCUT2D eigenvalue weighted by atomic mass is 32.2. The first kappa shape index (κ1) is 18.2. The van der Waals surface area contributed by atoms with Crippen molar-refractivity contribution >= 4 is 23.4 Å². The number of carbonyl (C=O) groups is 1. The molecule has 3 aromatic rings. The third-order valence-electron chi connectivity index (χ3n) is 4.22. The first-order valence-electron chi connectivity index (χ1n) is 8.64. The summed E-state index contributed by atoms with van der Waals surface area (Å²) in [5, 5.41) is 2.95. The second kappa shape index (κ2) is 8.68. The minimum Gasteiger partial charge on any atom is -0.326 e. The number of anilines is 1.